The molecule has 22 heavy (non-hydrogen) atoms. The molecule has 0 fully saturated rings. The number of nitriles is 2. The number of ether oxygens (including phenoxy) is 1. The van der Waals surface area contributed by atoms with E-state index in [9.17, 15) is 0 Å². The van der Waals surface area contributed by atoms with E-state index in [1.165, 1.54) is 6.33 Å². The average Bonchev–Trinajstić information content (AvgIpc) is 2.53. The van der Waals surface area contributed by atoms with Gasteiger partial charge in [-0.25, -0.2) is 9.97 Å². The molecule has 1 aromatic heterocycles. The van der Waals surface area contributed by atoms with Crippen molar-refractivity contribution in [3.05, 3.63) is 6.33 Å². The zero-order valence-electron chi connectivity index (χ0n) is 12.7. The van der Waals surface area contributed by atoms with Gasteiger partial charge in [0.2, 0.25) is 0 Å². The van der Waals surface area contributed by atoms with Gasteiger partial charge in [0.15, 0.2) is 11.6 Å². The van der Waals surface area contributed by atoms with Gasteiger partial charge in [-0.2, -0.15) is 10.5 Å². The molecule has 0 aromatic carbocycles. The van der Waals surface area contributed by atoms with Gasteiger partial charge in [0.1, 0.15) is 12.0 Å². The molecule has 0 radical (unpaired) electrons. The fourth-order valence-electron chi connectivity index (χ4n) is 1.90. The number of nitrogens with one attached hydrogen (secondary N) is 1. The highest BCUT2D eigenvalue weighted by Gasteiger charge is 2.14. The summed E-state index contributed by atoms with van der Waals surface area (Å²) in [7, 11) is 1.65. The van der Waals surface area contributed by atoms with Gasteiger partial charge in [-0.3, -0.25) is 0 Å². The Bertz CT molecular complexity index is 517. The molecular formula is C14H21N7O. The predicted molar refractivity (Wildman–Crippen MR) is 84.1 cm³/mol. The van der Waals surface area contributed by atoms with E-state index in [-0.39, 0.29) is 0 Å². The maximum atomic E-state index is 8.75. The Morgan fingerprint density at radius 2 is 1.95 bits per heavy atom. The summed E-state index contributed by atoms with van der Waals surface area (Å²) in [6.07, 6.45) is 2.94. The minimum absolute atomic E-state index is 0.339. The zero-order chi connectivity index (χ0) is 16.2. The number of hydrogen-bond donors (Lipinski definition) is 2. The molecule has 0 spiro atoms. The average molecular weight is 303 g/mol. The predicted octanol–water partition coefficient (Wildman–Crippen LogP) is 1.14. The lowest BCUT2D eigenvalue weighted by atomic mass is 10.3. The van der Waals surface area contributed by atoms with Crippen molar-refractivity contribution >= 4 is 17.3 Å². The van der Waals surface area contributed by atoms with E-state index in [0.29, 0.717) is 56.4 Å². The van der Waals surface area contributed by atoms with E-state index in [4.69, 9.17) is 21.0 Å². The van der Waals surface area contributed by atoms with Crippen molar-refractivity contribution in [2.45, 2.75) is 19.3 Å². The number of anilines is 3. The van der Waals surface area contributed by atoms with E-state index in [1.54, 1.807) is 7.11 Å². The molecule has 0 saturated heterocycles. The Hall–Kier alpha value is -2.58. The number of aromatic nitrogens is 2. The van der Waals surface area contributed by atoms with Gasteiger partial charge in [-0.15, -0.1) is 0 Å². The highest BCUT2D eigenvalue weighted by molar-refractivity contribution is 5.74. The lowest BCUT2D eigenvalue weighted by Gasteiger charge is -2.23. The van der Waals surface area contributed by atoms with Crippen molar-refractivity contribution in [2.24, 2.45) is 0 Å². The zero-order valence-corrected chi connectivity index (χ0v) is 12.7. The van der Waals surface area contributed by atoms with Gasteiger partial charge >= 0.3 is 0 Å². The van der Waals surface area contributed by atoms with Crippen molar-refractivity contribution in [2.75, 3.05) is 49.3 Å². The topological polar surface area (TPSA) is 124 Å². The molecule has 0 bridgehead atoms. The molecule has 118 valence electrons. The molecule has 1 rings (SSSR count). The van der Waals surface area contributed by atoms with Crippen molar-refractivity contribution < 1.29 is 4.74 Å². The summed E-state index contributed by atoms with van der Waals surface area (Å²) in [5, 5.41) is 20.6. The van der Waals surface area contributed by atoms with Crippen LogP contribution in [0, 0.1) is 22.7 Å². The highest BCUT2D eigenvalue weighted by Crippen LogP contribution is 2.26. The summed E-state index contributed by atoms with van der Waals surface area (Å²) in [5.41, 5.74) is 6.54. The lowest BCUT2D eigenvalue weighted by molar-refractivity contribution is 0.198. The second kappa shape index (κ2) is 10.2. The van der Waals surface area contributed by atoms with Crippen LogP contribution in [-0.2, 0) is 4.74 Å². The van der Waals surface area contributed by atoms with Crippen LogP contribution < -0.4 is 16.0 Å². The van der Waals surface area contributed by atoms with Crippen molar-refractivity contribution in [1.29, 1.82) is 10.5 Å². The van der Waals surface area contributed by atoms with Gasteiger partial charge in [0.05, 0.1) is 25.0 Å². The van der Waals surface area contributed by atoms with Gasteiger partial charge in [0, 0.05) is 33.4 Å². The van der Waals surface area contributed by atoms with Crippen LogP contribution in [0.1, 0.15) is 19.3 Å². The van der Waals surface area contributed by atoms with E-state index in [1.807, 2.05) is 4.90 Å². The van der Waals surface area contributed by atoms with E-state index < -0.39 is 0 Å². The first-order valence-corrected chi connectivity index (χ1v) is 7.06. The fourth-order valence-corrected chi connectivity index (χ4v) is 1.90. The first-order chi connectivity index (χ1) is 10.7. The normalized spacial score (nSPS) is 9.77. The molecule has 0 unspecified atom stereocenters. The number of nitrogens with two attached hydrogens (primary N) is 1. The molecule has 0 aliphatic rings. The van der Waals surface area contributed by atoms with Crippen molar-refractivity contribution in [1.82, 2.24) is 9.97 Å². The third-order valence-corrected chi connectivity index (χ3v) is 2.97. The van der Waals surface area contributed by atoms with Crippen molar-refractivity contribution in [3.8, 4) is 12.1 Å². The maximum Gasteiger partial charge on any atom is 0.157 e. The van der Waals surface area contributed by atoms with E-state index >= 15 is 0 Å². The first kappa shape index (κ1) is 17.5. The maximum absolute atomic E-state index is 8.75. The van der Waals surface area contributed by atoms with Crippen LogP contribution >= 0.6 is 0 Å². The van der Waals surface area contributed by atoms with Gasteiger partial charge in [0.25, 0.3) is 0 Å². The second-order valence-electron chi connectivity index (χ2n) is 4.54. The Balaban J connectivity index is 2.82. The molecule has 1 aromatic rings. The first-order valence-electron chi connectivity index (χ1n) is 7.06. The molecule has 0 saturated carbocycles. The van der Waals surface area contributed by atoms with Crippen molar-refractivity contribution in [3.63, 3.8) is 0 Å². The molecule has 0 amide bonds. The van der Waals surface area contributed by atoms with Crippen LogP contribution in [0.3, 0.4) is 0 Å². The molecule has 1 heterocycles. The van der Waals surface area contributed by atoms with Crippen LogP contribution in [-0.4, -0.2) is 43.3 Å². The number of nitrogen functional groups attached to an aromatic ring is 1. The molecule has 0 atom stereocenters. The van der Waals surface area contributed by atoms with Gasteiger partial charge in [-0.1, -0.05) is 0 Å². The minimum Gasteiger partial charge on any atom is -0.393 e. The molecule has 0 aliphatic heterocycles. The van der Waals surface area contributed by atoms with Crippen LogP contribution in [0.5, 0.6) is 0 Å². The summed E-state index contributed by atoms with van der Waals surface area (Å²) in [6.45, 7) is 2.29. The van der Waals surface area contributed by atoms with E-state index in [2.05, 4.69) is 27.4 Å². The molecular weight excluding hydrogens is 282 g/mol. The molecule has 3 N–H and O–H groups in total. The number of nitrogens with zero attached hydrogens (tertiary/aromatic N) is 5. The third-order valence-electron chi connectivity index (χ3n) is 2.97. The quantitative estimate of drug-likeness (QED) is 0.617. The summed E-state index contributed by atoms with van der Waals surface area (Å²) >= 11 is 0. The Kier molecular flexibility index (Phi) is 8.09. The summed E-state index contributed by atoms with van der Waals surface area (Å²) in [6, 6.07) is 4.18. The summed E-state index contributed by atoms with van der Waals surface area (Å²) in [4.78, 5) is 10.2. The lowest BCUT2D eigenvalue weighted by Crippen LogP contribution is -2.27. The monoisotopic (exact) mass is 303 g/mol. The summed E-state index contributed by atoms with van der Waals surface area (Å²) in [5.74, 6) is 1.11. The smallest absolute Gasteiger partial charge is 0.157 e. The molecule has 8 heteroatoms. The Labute approximate surface area is 130 Å². The van der Waals surface area contributed by atoms with Crippen LogP contribution in [0.2, 0.25) is 0 Å². The van der Waals surface area contributed by atoms with Crippen LogP contribution in [0.15, 0.2) is 6.33 Å². The fraction of sp³-hybridized carbons (Fsp3) is 0.571. The van der Waals surface area contributed by atoms with Gasteiger partial charge in [-0.05, 0) is 6.42 Å². The summed E-state index contributed by atoms with van der Waals surface area (Å²) < 4.78 is 4.99. The Morgan fingerprint density at radius 3 is 2.55 bits per heavy atom. The Morgan fingerprint density at radius 1 is 1.27 bits per heavy atom. The number of hydrogen-bond acceptors (Lipinski definition) is 8. The number of rotatable bonds is 10. The van der Waals surface area contributed by atoms with E-state index in [0.717, 1.165) is 6.42 Å². The van der Waals surface area contributed by atoms with Gasteiger partial charge < -0.3 is 20.7 Å². The third kappa shape index (κ3) is 5.43. The highest BCUT2D eigenvalue weighted by atomic mass is 16.5. The van der Waals surface area contributed by atoms with Crippen LogP contribution in [0.4, 0.5) is 17.3 Å². The van der Waals surface area contributed by atoms with Crippen LogP contribution in [0.25, 0.3) is 0 Å². The largest absolute Gasteiger partial charge is 0.393 e. The number of methoxy groups -OCH3 is 1. The molecule has 8 nitrogen and oxygen atoms in total. The molecule has 0 aliphatic carbocycles. The SMILES string of the molecule is COCCCNc1ncnc(N(CCC#N)CCC#N)c1N. The minimum atomic E-state index is 0.339. The second-order valence-corrected chi connectivity index (χ2v) is 4.54. The standard InChI is InChI=1S/C14H21N7O/c1-22-10-4-7-18-13-12(17)14(20-11-19-13)21(8-2-5-15)9-3-6-16/h11H,2-4,7-10,17H2,1H3,(H,18,19,20).